The molecule has 19 heavy (non-hydrogen) atoms. The van der Waals surface area contributed by atoms with Gasteiger partial charge in [-0.1, -0.05) is 6.92 Å². The molecule has 0 radical (unpaired) electrons. The molecule has 0 saturated carbocycles. The second kappa shape index (κ2) is 6.22. The van der Waals surface area contributed by atoms with E-state index < -0.39 is 12.1 Å². The van der Waals surface area contributed by atoms with Crippen LogP contribution in [0, 0.1) is 5.92 Å². The Labute approximate surface area is 115 Å². The number of aromatic nitrogens is 1. The zero-order valence-electron chi connectivity index (χ0n) is 11.0. The van der Waals surface area contributed by atoms with E-state index in [0.717, 1.165) is 30.1 Å². The standard InChI is InChI=1S/C13H19F3N2S/c1-2-4-12-17-11(9-19-12)8-18-6-3-5-10(7-18)13(14,15)16/h9-10H,2-8H2,1H3/t10-/m0/s1. The van der Waals surface area contributed by atoms with Crippen molar-refractivity contribution in [3.8, 4) is 0 Å². The van der Waals surface area contributed by atoms with Crippen molar-refractivity contribution in [1.82, 2.24) is 9.88 Å². The van der Waals surface area contributed by atoms with Gasteiger partial charge in [0.25, 0.3) is 0 Å². The molecule has 2 heterocycles. The first kappa shape index (κ1) is 14.8. The lowest BCUT2D eigenvalue weighted by molar-refractivity contribution is -0.187. The van der Waals surface area contributed by atoms with Gasteiger partial charge in [-0.25, -0.2) is 4.98 Å². The number of halogens is 3. The van der Waals surface area contributed by atoms with E-state index in [4.69, 9.17) is 0 Å². The van der Waals surface area contributed by atoms with Crippen molar-refractivity contribution in [2.24, 2.45) is 5.92 Å². The van der Waals surface area contributed by atoms with Crippen molar-refractivity contribution < 1.29 is 13.2 Å². The molecular formula is C13H19F3N2S. The fourth-order valence-electron chi connectivity index (χ4n) is 2.45. The van der Waals surface area contributed by atoms with Gasteiger partial charge in [0.2, 0.25) is 0 Å². The summed E-state index contributed by atoms with van der Waals surface area (Å²) in [6.45, 7) is 3.50. The Morgan fingerprint density at radius 2 is 2.26 bits per heavy atom. The first-order valence-electron chi connectivity index (χ1n) is 6.71. The molecule has 0 N–H and O–H groups in total. The molecule has 6 heteroatoms. The predicted molar refractivity (Wildman–Crippen MR) is 70.2 cm³/mol. The van der Waals surface area contributed by atoms with Crippen LogP contribution in [-0.2, 0) is 13.0 Å². The lowest BCUT2D eigenvalue weighted by Gasteiger charge is -2.33. The lowest BCUT2D eigenvalue weighted by atomic mass is 9.97. The summed E-state index contributed by atoms with van der Waals surface area (Å²) >= 11 is 1.61. The fourth-order valence-corrected chi connectivity index (χ4v) is 3.34. The minimum absolute atomic E-state index is 0.115. The maximum atomic E-state index is 12.7. The highest BCUT2D eigenvalue weighted by Gasteiger charge is 2.41. The number of aryl methyl sites for hydroxylation is 1. The lowest BCUT2D eigenvalue weighted by Crippen LogP contribution is -2.41. The molecule has 1 fully saturated rings. The Morgan fingerprint density at radius 1 is 1.47 bits per heavy atom. The van der Waals surface area contributed by atoms with Crippen molar-refractivity contribution in [1.29, 1.82) is 0 Å². The zero-order chi connectivity index (χ0) is 13.9. The summed E-state index contributed by atoms with van der Waals surface area (Å²) in [5.41, 5.74) is 0.913. The molecule has 0 unspecified atom stereocenters. The molecular weight excluding hydrogens is 273 g/mol. The van der Waals surface area contributed by atoms with E-state index in [0.29, 0.717) is 13.0 Å². The Bertz CT molecular complexity index is 403. The van der Waals surface area contributed by atoms with E-state index >= 15 is 0 Å². The van der Waals surface area contributed by atoms with Gasteiger partial charge in [-0.15, -0.1) is 11.3 Å². The monoisotopic (exact) mass is 292 g/mol. The Balaban J connectivity index is 1.91. The number of alkyl halides is 3. The minimum atomic E-state index is -4.06. The molecule has 1 aromatic rings. The van der Waals surface area contributed by atoms with Crippen LogP contribution in [0.3, 0.4) is 0 Å². The second-order valence-corrected chi connectivity index (χ2v) is 6.04. The van der Waals surface area contributed by atoms with Crippen LogP contribution in [0.1, 0.15) is 36.9 Å². The SMILES string of the molecule is CCCc1nc(CN2CCC[C@H](C(F)(F)F)C2)cs1. The van der Waals surface area contributed by atoms with Crippen LogP contribution in [0.5, 0.6) is 0 Å². The van der Waals surface area contributed by atoms with Crippen molar-refractivity contribution in [2.45, 2.75) is 45.3 Å². The highest BCUT2D eigenvalue weighted by molar-refractivity contribution is 7.09. The maximum Gasteiger partial charge on any atom is 0.393 e. The van der Waals surface area contributed by atoms with E-state index in [9.17, 15) is 13.2 Å². The van der Waals surface area contributed by atoms with Gasteiger partial charge in [0.1, 0.15) is 0 Å². The third kappa shape index (κ3) is 4.18. The fraction of sp³-hybridized carbons (Fsp3) is 0.769. The highest BCUT2D eigenvalue weighted by atomic mass is 32.1. The summed E-state index contributed by atoms with van der Waals surface area (Å²) in [4.78, 5) is 6.36. The summed E-state index contributed by atoms with van der Waals surface area (Å²) < 4.78 is 38.2. The zero-order valence-corrected chi connectivity index (χ0v) is 11.9. The Kier molecular flexibility index (Phi) is 4.84. The molecule has 0 spiro atoms. The molecule has 0 aromatic carbocycles. The number of hydrogen-bond acceptors (Lipinski definition) is 3. The first-order valence-corrected chi connectivity index (χ1v) is 7.59. The number of likely N-dealkylation sites (tertiary alicyclic amines) is 1. The van der Waals surface area contributed by atoms with Crippen molar-refractivity contribution in [2.75, 3.05) is 13.1 Å². The van der Waals surface area contributed by atoms with Gasteiger partial charge in [0.05, 0.1) is 16.6 Å². The van der Waals surface area contributed by atoms with Gasteiger partial charge < -0.3 is 0 Å². The summed E-state index contributed by atoms with van der Waals surface area (Å²) in [5.74, 6) is -1.17. The van der Waals surface area contributed by atoms with E-state index in [1.54, 1.807) is 11.3 Å². The van der Waals surface area contributed by atoms with Gasteiger partial charge in [-0.05, 0) is 32.2 Å². The third-order valence-corrected chi connectivity index (χ3v) is 4.37. The van der Waals surface area contributed by atoms with E-state index in [1.165, 1.54) is 0 Å². The largest absolute Gasteiger partial charge is 0.393 e. The van der Waals surface area contributed by atoms with Crippen LogP contribution in [0.25, 0.3) is 0 Å². The molecule has 1 aromatic heterocycles. The van der Waals surface area contributed by atoms with Crippen molar-refractivity contribution in [3.05, 3.63) is 16.1 Å². The normalized spacial score (nSPS) is 21.8. The molecule has 2 nitrogen and oxygen atoms in total. The van der Waals surface area contributed by atoms with Gasteiger partial charge in [0.15, 0.2) is 0 Å². The maximum absolute atomic E-state index is 12.7. The summed E-state index contributed by atoms with van der Waals surface area (Å²) in [5, 5.41) is 3.06. The quantitative estimate of drug-likeness (QED) is 0.837. The molecule has 1 saturated heterocycles. The molecule has 1 atom stereocenters. The van der Waals surface area contributed by atoms with Crippen molar-refractivity contribution in [3.63, 3.8) is 0 Å². The van der Waals surface area contributed by atoms with Crippen LogP contribution >= 0.6 is 11.3 Å². The number of piperidine rings is 1. The van der Waals surface area contributed by atoms with Crippen LogP contribution < -0.4 is 0 Å². The molecule has 2 rings (SSSR count). The number of thiazole rings is 1. The van der Waals surface area contributed by atoms with Gasteiger partial charge in [0, 0.05) is 18.5 Å². The Hall–Kier alpha value is -0.620. The van der Waals surface area contributed by atoms with E-state index in [1.807, 2.05) is 10.3 Å². The van der Waals surface area contributed by atoms with Gasteiger partial charge in [-0.3, -0.25) is 4.90 Å². The summed E-state index contributed by atoms with van der Waals surface area (Å²) in [6.07, 6.45) is -1.18. The average molecular weight is 292 g/mol. The topological polar surface area (TPSA) is 16.1 Å². The summed E-state index contributed by atoms with van der Waals surface area (Å²) in [7, 11) is 0. The van der Waals surface area contributed by atoms with Crippen LogP contribution in [-0.4, -0.2) is 29.1 Å². The smallest absolute Gasteiger partial charge is 0.297 e. The predicted octanol–water partition coefficient (Wildman–Crippen LogP) is 3.87. The molecule has 0 aliphatic carbocycles. The number of hydrogen-bond donors (Lipinski definition) is 0. The Morgan fingerprint density at radius 3 is 2.95 bits per heavy atom. The molecule has 1 aliphatic rings. The molecule has 108 valence electrons. The molecule has 0 amide bonds. The average Bonchev–Trinajstić information content (AvgIpc) is 2.76. The number of rotatable bonds is 4. The van der Waals surface area contributed by atoms with E-state index in [2.05, 4.69) is 11.9 Å². The van der Waals surface area contributed by atoms with Crippen molar-refractivity contribution >= 4 is 11.3 Å². The van der Waals surface area contributed by atoms with Crippen LogP contribution in [0.4, 0.5) is 13.2 Å². The third-order valence-electron chi connectivity index (χ3n) is 3.42. The van der Waals surface area contributed by atoms with Gasteiger partial charge >= 0.3 is 6.18 Å². The molecule has 1 aliphatic heterocycles. The van der Waals surface area contributed by atoms with Crippen LogP contribution in [0.2, 0.25) is 0 Å². The summed E-state index contributed by atoms with van der Waals surface area (Å²) in [6, 6.07) is 0. The second-order valence-electron chi connectivity index (χ2n) is 5.10. The first-order chi connectivity index (χ1) is 8.99. The number of nitrogens with zero attached hydrogens (tertiary/aromatic N) is 2. The van der Waals surface area contributed by atoms with Crippen LogP contribution in [0.15, 0.2) is 5.38 Å². The minimum Gasteiger partial charge on any atom is -0.297 e. The highest BCUT2D eigenvalue weighted by Crippen LogP contribution is 2.33. The van der Waals surface area contributed by atoms with Gasteiger partial charge in [-0.2, -0.15) is 13.2 Å². The molecule has 0 bridgehead atoms. The van der Waals surface area contributed by atoms with E-state index in [-0.39, 0.29) is 13.0 Å².